The Balaban J connectivity index is 1.94. The van der Waals surface area contributed by atoms with E-state index in [9.17, 15) is 8.42 Å². The minimum absolute atomic E-state index is 0.0992. The van der Waals surface area contributed by atoms with Crippen molar-refractivity contribution in [2.75, 3.05) is 31.3 Å². The van der Waals surface area contributed by atoms with Crippen molar-refractivity contribution < 1.29 is 8.42 Å². The Hall–Kier alpha value is -1.99. The molecule has 1 aromatic heterocycles. The molecule has 1 N–H and O–H groups in total. The zero-order chi connectivity index (χ0) is 18.7. The lowest BCUT2D eigenvalue weighted by Crippen LogP contribution is -2.30. The average Bonchev–Trinajstić information content (AvgIpc) is 2.63. The van der Waals surface area contributed by atoms with Gasteiger partial charge in [-0.15, -0.1) is 0 Å². The summed E-state index contributed by atoms with van der Waals surface area (Å²) >= 11 is 0. The molecule has 7 heteroatoms. The van der Waals surface area contributed by atoms with Crippen LogP contribution < -0.4 is 10.2 Å². The molecule has 0 saturated carbocycles. The molecule has 6 nitrogen and oxygen atoms in total. The van der Waals surface area contributed by atoms with Crippen molar-refractivity contribution in [3.8, 4) is 0 Å². The number of hydrogen-bond donors (Lipinski definition) is 1. The van der Waals surface area contributed by atoms with Gasteiger partial charge in [0.2, 0.25) is 5.95 Å². The van der Waals surface area contributed by atoms with E-state index < -0.39 is 9.84 Å². The van der Waals surface area contributed by atoms with Gasteiger partial charge < -0.3 is 10.2 Å². The number of aryl methyl sites for hydroxylation is 1. The number of rotatable bonds is 5. The highest BCUT2D eigenvalue weighted by atomic mass is 32.2. The van der Waals surface area contributed by atoms with Crippen LogP contribution in [0.3, 0.4) is 0 Å². The molecule has 0 bridgehead atoms. The van der Waals surface area contributed by atoms with Gasteiger partial charge in [0, 0.05) is 32.3 Å². The van der Waals surface area contributed by atoms with Crippen LogP contribution in [0.2, 0.25) is 0 Å². The minimum atomic E-state index is -3.36. The van der Waals surface area contributed by atoms with Gasteiger partial charge in [0.05, 0.1) is 11.9 Å². The van der Waals surface area contributed by atoms with E-state index in [1.54, 1.807) is 0 Å². The summed E-state index contributed by atoms with van der Waals surface area (Å²) in [5, 5.41) is 3.34. The van der Waals surface area contributed by atoms with Crippen LogP contribution in [0.4, 0.5) is 5.95 Å². The zero-order valence-electron chi connectivity index (χ0n) is 15.6. The first kappa shape index (κ1) is 18.8. The van der Waals surface area contributed by atoms with Gasteiger partial charge in [-0.3, -0.25) is 0 Å². The third kappa shape index (κ3) is 4.22. The molecule has 0 aliphatic carbocycles. The Bertz CT molecular complexity index is 877. The summed E-state index contributed by atoms with van der Waals surface area (Å²) in [6.07, 6.45) is 4.65. The normalized spacial score (nSPS) is 17.9. The largest absolute Gasteiger partial charge is 0.340 e. The van der Waals surface area contributed by atoms with Crippen LogP contribution in [0.5, 0.6) is 0 Å². The zero-order valence-corrected chi connectivity index (χ0v) is 16.4. The summed E-state index contributed by atoms with van der Waals surface area (Å²) in [5.74, 6) is 0.656. The molecule has 140 valence electrons. The molecule has 3 rings (SSSR count). The Morgan fingerprint density at radius 2 is 2.08 bits per heavy atom. The Labute approximate surface area is 155 Å². The number of nitrogens with one attached hydrogen (secondary N) is 1. The van der Waals surface area contributed by atoms with Crippen LogP contribution in [-0.2, 0) is 16.4 Å². The maximum atomic E-state index is 12.2. The van der Waals surface area contributed by atoms with Crippen LogP contribution in [0, 0.1) is 6.92 Å². The number of hydrogen-bond acceptors (Lipinski definition) is 6. The van der Waals surface area contributed by atoms with Crippen molar-refractivity contribution >= 4 is 15.8 Å². The predicted molar refractivity (Wildman–Crippen MR) is 103 cm³/mol. The third-order valence-electron chi connectivity index (χ3n) is 4.86. The van der Waals surface area contributed by atoms with Crippen molar-refractivity contribution in [2.24, 2.45) is 0 Å². The van der Waals surface area contributed by atoms with Crippen LogP contribution in [0.1, 0.15) is 35.6 Å². The molecule has 1 aliphatic rings. The number of piperidine rings is 1. The Morgan fingerprint density at radius 1 is 1.31 bits per heavy atom. The maximum absolute atomic E-state index is 12.2. The van der Waals surface area contributed by atoms with E-state index in [1.807, 2.05) is 24.1 Å². The summed E-state index contributed by atoms with van der Waals surface area (Å²) in [5.41, 5.74) is 3.05. The third-order valence-corrected chi connectivity index (χ3v) is 5.98. The second-order valence-corrected chi connectivity index (χ2v) is 9.00. The topological polar surface area (TPSA) is 75.2 Å². The minimum Gasteiger partial charge on any atom is -0.340 e. The fourth-order valence-corrected chi connectivity index (χ4v) is 4.17. The number of aromatic nitrogens is 2. The van der Waals surface area contributed by atoms with Gasteiger partial charge in [-0.1, -0.05) is 24.3 Å². The van der Waals surface area contributed by atoms with Gasteiger partial charge in [-0.05, 0) is 37.4 Å². The second-order valence-electron chi connectivity index (χ2n) is 7.02. The van der Waals surface area contributed by atoms with Crippen molar-refractivity contribution in [1.82, 2.24) is 15.3 Å². The lowest BCUT2D eigenvalue weighted by atomic mass is 9.96. The van der Waals surface area contributed by atoms with E-state index in [2.05, 4.69) is 34.3 Å². The average molecular weight is 375 g/mol. The maximum Gasteiger partial charge on any atom is 0.225 e. The molecule has 1 aromatic carbocycles. The van der Waals surface area contributed by atoms with Crippen LogP contribution >= 0.6 is 0 Å². The SMILES string of the molecule is Cc1ccccc1CN(C)c1ncc(S(C)(=O)=O)c(C2CCCNC2)n1. The quantitative estimate of drug-likeness (QED) is 0.865. The fraction of sp³-hybridized carbons (Fsp3) is 0.474. The summed E-state index contributed by atoms with van der Waals surface area (Å²) in [6, 6.07) is 8.20. The van der Waals surface area contributed by atoms with Gasteiger partial charge >= 0.3 is 0 Å². The van der Waals surface area contributed by atoms with Gasteiger partial charge in [-0.25, -0.2) is 18.4 Å². The van der Waals surface area contributed by atoms with Gasteiger partial charge in [0.15, 0.2) is 9.84 Å². The fourth-order valence-electron chi connectivity index (χ4n) is 3.34. The van der Waals surface area contributed by atoms with Crippen LogP contribution in [0.25, 0.3) is 0 Å². The highest BCUT2D eigenvalue weighted by Gasteiger charge is 2.26. The summed E-state index contributed by atoms with van der Waals surface area (Å²) in [4.78, 5) is 11.2. The molecule has 1 aliphatic heterocycles. The molecule has 1 atom stereocenters. The van der Waals surface area contributed by atoms with Crippen molar-refractivity contribution in [3.05, 3.63) is 47.3 Å². The standard InChI is InChI=1S/C19H26N4O2S/c1-14-7-4-5-8-16(14)13-23(2)19-21-12-17(26(3,24)25)18(22-19)15-9-6-10-20-11-15/h4-5,7-8,12,15,20H,6,9-11,13H2,1-3H3. The smallest absolute Gasteiger partial charge is 0.225 e. The molecule has 2 aromatic rings. The number of nitrogens with zero attached hydrogens (tertiary/aromatic N) is 3. The molecular formula is C19H26N4O2S. The number of sulfone groups is 1. The van der Waals surface area contributed by atoms with Crippen molar-refractivity contribution in [1.29, 1.82) is 0 Å². The molecule has 26 heavy (non-hydrogen) atoms. The van der Waals surface area contributed by atoms with E-state index >= 15 is 0 Å². The van der Waals surface area contributed by atoms with Gasteiger partial charge in [0.1, 0.15) is 4.90 Å². The van der Waals surface area contributed by atoms with Crippen LogP contribution in [0.15, 0.2) is 35.4 Å². The Morgan fingerprint density at radius 3 is 2.73 bits per heavy atom. The summed E-state index contributed by atoms with van der Waals surface area (Å²) in [7, 11) is -1.43. The number of benzene rings is 1. The van der Waals surface area contributed by atoms with E-state index in [0.29, 0.717) is 18.2 Å². The van der Waals surface area contributed by atoms with Gasteiger partial charge in [0.25, 0.3) is 0 Å². The van der Waals surface area contributed by atoms with E-state index in [4.69, 9.17) is 0 Å². The second kappa shape index (κ2) is 7.72. The molecule has 0 radical (unpaired) electrons. The molecule has 1 unspecified atom stereocenters. The van der Waals surface area contributed by atoms with Crippen molar-refractivity contribution in [2.45, 2.75) is 37.1 Å². The molecule has 1 fully saturated rings. The van der Waals surface area contributed by atoms with Crippen molar-refractivity contribution in [3.63, 3.8) is 0 Å². The first-order valence-corrected chi connectivity index (χ1v) is 10.8. The van der Waals surface area contributed by atoms with Gasteiger partial charge in [-0.2, -0.15) is 0 Å². The molecular weight excluding hydrogens is 348 g/mol. The van der Waals surface area contributed by atoms with Crippen LogP contribution in [-0.4, -0.2) is 44.8 Å². The lowest BCUT2D eigenvalue weighted by molar-refractivity contribution is 0.447. The predicted octanol–water partition coefficient (Wildman–Crippen LogP) is 2.29. The highest BCUT2D eigenvalue weighted by Crippen LogP contribution is 2.28. The molecule has 0 amide bonds. The molecule has 0 spiro atoms. The first-order chi connectivity index (χ1) is 12.4. The van der Waals surface area contributed by atoms with E-state index in [1.165, 1.54) is 23.6 Å². The van der Waals surface area contributed by atoms with E-state index in [0.717, 1.165) is 25.9 Å². The highest BCUT2D eigenvalue weighted by molar-refractivity contribution is 7.90. The summed E-state index contributed by atoms with van der Waals surface area (Å²) in [6.45, 7) is 4.47. The molecule has 1 saturated heterocycles. The lowest BCUT2D eigenvalue weighted by Gasteiger charge is -2.25. The first-order valence-electron chi connectivity index (χ1n) is 8.89. The Kier molecular flexibility index (Phi) is 5.58. The molecule has 2 heterocycles. The van der Waals surface area contributed by atoms with E-state index in [-0.39, 0.29) is 10.8 Å². The monoisotopic (exact) mass is 374 g/mol. The number of anilines is 1. The summed E-state index contributed by atoms with van der Waals surface area (Å²) < 4.78 is 24.4.